The summed E-state index contributed by atoms with van der Waals surface area (Å²) in [5.41, 5.74) is 3.77. The van der Waals surface area contributed by atoms with Crippen molar-refractivity contribution < 1.29 is 9.53 Å². The van der Waals surface area contributed by atoms with Crippen LogP contribution in [0.2, 0.25) is 0 Å². The van der Waals surface area contributed by atoms with Crippen LogP contribution >= 0.6 is 0 Å². The number of benzene rings is 1. The molecule has 2 aromatic rings. The molecule has 0 aliphatic carbocycles. The second-order valence-electron chi connectivity index (χ2n) is 6.75. The predicted molar refractivity (Wildman–Crippen MR) is 98.2 cm³/mol. The van der Waals surface area contributed by atoms with Crippen LogP contribution in [0, 0.1) is 13.8 Å². The van der Waals surface area contributed by atoms with Gasteiger partial charge in [0.05, 0.1) is 18.4 Å². The highest BCUT2D eigenvalue weighted by Gasteiger charge is 2.32. The Morgan fingerprint density at radius 1 is 1.32 bits per heavy atom. The number of aryl methyl sites for hydroxylation is 2. The Labute approximate surface area is 149 Å². The van der Waals surface area contributed by atoms with Crippen molar-refractivity contribution in [1.29, 1.82) is 0 Å². The van der Waals surface area contributed by atoms with Crippen LogP contribution in [0.15, 0.2) is 24.3 Å². The molecule has 1 fully saturated rings. The maximum atomic E-state index is 13.1. The predicted octanol–water partition coefficient (Wildman–Crippen LogP) is 3.55. The zero-order chi connectivity index (χ0) is 18.0. The van der Waals surface area contributed by atoms with E-state index in [2.05, 4.69) is 18.1 Å². The van der Waals surface area contributed by atoms with Gasteiger partial charge in [-0.2, -0.15) is 5.10 Å². The number of likely N-dealkylation sites (tertiary alicyclic amines) is 1. The van der Waals surface area contributed by atoms with E-state index in [0.29, 0.717) is 5.92 Å². The fourth-order valence-electron chi connectivity index (χ4n) is 3.80. The molecule has 0 radical (unpaired) electrons. The first-order valence-electron chi connectivity index (χ1n) is 9.03. The molecular weight excluding hydrogens is 314 g/mol. The lowest BCUT2D eigenvalue weighted by Gasteiger charge is -2.18. The van der Waals surface area contributed by atoms with Crippen LogP contribution in [0.1, 0.15) is 53.0 Å². The van der Waals surface area contributed by atoms with E-state index in [-0.39, 0.29) is 5.91 Å². The van der Waals surface area contributed by atoms with Crippen LogP contribution < -0.4 is 4.74 Å². The molecule has 1 amide bonds. The van der Waals surface area contributed by atoms with E-state index in [1.165, 1.54) is 5.56 Å². The number of rotatable bonds is 5. The zero-order valence-corrected chi connectivity index (χ0v) is 15.6. The normalized spacial score (nSPS) is 17.1. The lowest BCUT2D eigenvalue weighted by atomic mass is 9.97. The molecule has 1 atom stereocenters. The third-order valence-corrected chi connectivity index (χ3v) is 5.08. The number of ether oxygens (including phenoxy) is 1. The van der Waals surface area contributed by atoms with Crippen LogP contribution in [0.5, 0.6) is 5.75 Å². The molecule has 5 nitrogen and oxygen atoms in total. The molecule has 1 aliphatic heterocycles. The standard InChI is InChI=1S/C20H27N3O2/c1-5-11-23-15(3)19(14(2)21-23)20(24)22-12-10-16(13-22)17-8-6-7-9-18(17)25-4/h6-9,16H,5,10-13H2,1-4H3. The summed E-state index contributed by atoms with van der Waals surface area (Å²) in [5, 5.41) is 4.55. The van der Waals surface area contributed by atoms with Crippen LogP contribution in [-0.4, -0.2) is 40.8 Å². The van der Waals surface area contributed by atoms with Gasteiger partial charge >= 0.3 is 0 Å². The summed E-state index contributed by atoms with van der Waals surface area (Å²) in [4.78, 5) is 15.0. The van der Waals surface area contributed by atoms with Crippen molar-refractivity contribution in [3.63, 3.8) is 0 Å². The molecule has 1 aromatic heterocycles. The molecule has 1 aliphatic rings. The van der Waals surface area contributed by atoms with E-state index >= 15 is 0 Å². The number of carbonyl (C=O) groups is 1. The molecule has 0 saturated carbocycles. The van der Waals surface area contributed by atoms with E-state index in [9.17, 15) is 4.79 Å². The van der Waals surface area contributed by atoms with Gasteiger partial charge < -0.3 is 9.64 Å². The van der Waals surface area contributed by atoms with Crippen molar-refractivity contribution in [3.05, 3.63) is 46.8 Å². The number of aromatic nitrogens is 2. The molecule has 3 rings (SSSR count). The van der Waals surface area contributed by atoms with Crippen molar-refractivity contribution in [2.75, 3.05) is 20.2 Å². The van der Waals surface area contributed by atoms with E-state index in [4.69, 9.17) is 4.74 Å². The maximum Gasteiger partial charge on any atom is 0.257 e. The average Bonchev–Trinajstić information content (AvgIpc) is 3.20. The van der Waals surface area contributed by atoms with Gasteiger partial charge in [-0.15, -0.1) is 0 Å². The summed E-state index contributed by atoms with van der Waals surface area (Å²) in [6.45, 7) is 8.41. The van der Waals surface area contributed by atoms with E-state index in [0.717, 1.165) is 55.2 Å². The summed E-state index contributed by atoms with van der Waals surface area (Å²) in [5.74, 6) is 1.34. The molecule has 25 heavy (non-hydrogen) atoms. The Morgan fingerprint density at radius 3 is 2.80 bits per heavy atom. The minimum atomic E-state index is 0.106. The summed E-state index contributed by atoms with van der Waals surface area (Å²) in [6, 6.07) is 8.11. The van der Waals surface area contributed by atoms with Gasteiger partial charge in [0.1, 0.15) is 5.75 Å². The van der Waals surface area contributed by atoms with Crippen molar-refractivity contribution >= 4 is 5.91 Å². The van der Waals surface area contributed by atoms with Gasteiger partial charge in [-0.05, 0) is 38.3 Å². The van der Waals surface area contributed by atoms with E-state index < -0.39 is 0 Å². The fraction of sp³-hybridized carbons (Fsp3) is 0.500. The number of para-hydroxylation sites is 1. The first-order valence-corrected chi connectivity index (χ1v) is 9.03. The minimum Gasteiger partial charge on any atom is -0.496 e. The van der Waals surface area contributed by atoms with Gasteiger partial charge in [0.25, 0.3) is 5.91 Å². The van der Waals surface area contributed by atoms with Crippen LogP contribution in [0.4, 0.5) is 0 Å². The highest BCUT2D eigenvalue weighted by Crippen LogP contribution is 2.34. The van der Waals surface area contributed by atoms with Crippen molar-refractivity contribution in [2.45, 2.75) is 46.1 Å². The summed E-state index contributed by atoms with van der Waals surface area (Å²) >= 11 is 0. The molecule has 0 spiro atoms. The molecule has 1 aromatic carbocycles. The van der Waals surface area contributed by atoms with Crippen LogP contribution in [0.3, 0.4) is 0 Å². The quantitative estimate of drug-likeness (QED) is 0.835. The fourth-order valence-corrected chi connectivity index (χ4v) is 3.80. The number of hydrogen-bond donors (Lipinski definition) is 0. The second kappa shape index (κ2) is 7.30. The largest absolute Gasteiger partial charge is 0.496 e. The molecule has 5 heteroatoms. The molecular formula is C20H27N3O2. The first-order chi connectivity index (χ1) is 12.1. The molecule has 2 heterocycles. The summed E-state index contributed by atoms with van der Waals surface area (Å²) in [7, 11) is 1.70. The minimum absolute atomic E-state index is 0.106. The monoisotopic (exact) mass is 341 g/mol. The zero-order valence-electron chi connectivity index (χ0n) is 15.6. The van der Waals surface area contributed by atoms with Gasteiger partial charge in [-0.1, -0.05) is 25.1 Å². The third-order valence-electron chi connectivity index (χ3n) is 5.08. The average molecular weight is 341 g/mol. The third kappa shape index (κ3) is 3.28. The van der Waals surface area contributed by atoms with Crippen molar-refractivity contribution in [1.82, 2.24) is 14.7 Å². The van der Waals surface area contributed by atoms with E-state index in [1.54, 1.807) is 7.11 Å². The SMILES string of the molecule is CCCn1nc(C)c(C(=O)N2CCC(c3ccccc3OC)C2)c1C. The first kappa shape index (κ1) is 17.5. The topological polar surface area (TPSA) is 47.4 Å². The number of amides is 1. The van der Waals surface area contributed by atoms with Crippen LogP contribution in [0.25, 0.3) is 0 Å². The van der Waals surface area contributed by atoms with Gasteiger partial charge in [0.15, 0.2) is 0 Å². The maximum absolute atomic E-state index is 13.1. The number of hydrogen-bond acceptors (Lipinski definition) is 3. The van der Waals surface area contributed by atoms with Gasteiger partial charge in [0, 0.05) is 31.2 Å². The highest BCUT2D eigenvalue weighted by molar-refractivity contribution is 5.96. The van der Waals surface area contributed by atoms with Crippen LogP contribution in [-0.2, 0) is 6.54 Å². The second-order valence-corrected chi connectivity index (χ2v) is 6.75. The Kier molecular flexibility index (Phi) is 5.11. The number of methoxy groups -OCH3 is 1. The van der Waals surface area contributed by atoms with E-state index in [1.807, 2.05) is 41.6 Å². The Morgan fingerprint density at radius 2 is 2.08 bits per heavy atom. The molecule has 1 saturated heterocycles. The Hall–Kier alpha value is -2.30. The molecule has 0 bridgehead atoms. The van der Waals surface area contributed by atoms with Crippen molar-refractivity contribution in [2.24, 2.45) is 0 Å². The van der Waals surface area contributed by atoms with Gasteiger partial charge in [-0.3, -0.25) is 9.48 Å². The van der Waals surface area contributed by atoms with Gasteiger partial charge in [-0.25, -0.2) is 0 Å². The molecule has 1 unspecified atom stereocenters. The summed E-state index contributed by atoms with van der Waals surface area (Å²) < 4.78 is 7.44. The lowest BCUT2D eigenvalue weighted by molar-refractivity contribution is 0.0789. The Bertz CT molecular complexity index is 766. The lowest BCUT2D eigenvalue weighted by Crippen LogP contribution is -2.29. The molecule has 0 N–H and O–H groups in total. The smallest absolute Gasteiger partial charge is 0.257 e. The van der Waals surface area contributed by atoms with Crippen molar-refractivity contribution in [3.8, 4) is 5.75 Å². The highest BCUT2D eigenvalue weighted by atomic mass is 16.5. The number of nitrogens with zero attached hydrogens (tertiary/aromatic N) is 3. The molecule has 134 valence electrons. The van der Waals surface area contributed by atoms with Gasteiger partial charge in [0.2, 0.25) is 0 Å². The number of carbonyl (C=O) groups excluding carboxylic acids is 1. The Balaban J connectivity index is 1.79. The summed E-state index contributed by atoms with van der Waals surface area (Å²) in [6.07, 6.45) is 1.97.